The average molecular weight is 1980 g/mol. The average Bonchev–Trinajstić information content (AvgIpc) is 1.25. The summed E-state index contributed by atoms with van der Waals surface area (Å²) < 4.78 is 188. The molecule has 0 aliphatic carbocycles. The van der Waals surface area contributed by atoms with E-state index in [2.05, 4.69) is 25.5 Å². The lowest BCUT2D eigenvalue weighted by atomic mass is 9.82. The van der Waals surface area contributed by atoms with Crippen LogP contribution in [0.2, 0.25) is 0 Å². The molecule has 16 rings (SSSR count). The van der Waals surface area contributed by atoms with Gasteiger partial charge in [-0.1, -0.05) is 72.8 Å². The number of rotatable bonds is 28. The van der Waals surface area contributed by atoms with E-state index in [1.165, 1.54) is 55.4 Å². The predicted molar refractivity (Wildman–Crippen MR) is 525 cm³/mol. The molecule has 4 aromatic heterocycles. The number of fused-ring (bicyclic) bond motifs is 4. The standard InChI is InChI=1S/C28H30F3N3O3.2C28H30F3N3O2.C26H26F3N3O2/c1-17-10-20-13-19(21-14-32-33(15-21)8-9-35)5-6-22(20)27(34(17)16-28(2,3)31)26-23(29)11-18(12-24(26)30)4-7-25(36)37;2*1-5-33-15-21(14-32-33)19-7-8-22-20(13-19)10-17(2)34(16-28(3,4)31)27(22)26-23(29)11-18(12-24(26)30)6-9-25(35)36;1-15-8-18-11-17(19-12-30-31-13-19)5-6-20(18)25(32(15)14-26(2,3)29)24-21(27)9-16(10-22(24)28)4-7-23(33)34/h4-7,11-15,17,27,35H,8-10,16H2,1-3H3,(H,36,37);2*6-9,11-15,17,27H,5,10,16H2,1-4H3,(H,35,36);4-7,9-13,15,25H,8,14H2,1-3H3,(H,30,31)(H,33,34)/b7-4+;2*9-6+;7-4+/t;2*17-,27+;/m.10./s1. The molecule has 143 heavy (non-hydrogen) atoms. The number of nitrogens with one attached hydrogen (secondary N) is 1. The maximum Gasteiger partial charge on any atom is 0.328 e. The number of carboxylic acid groups (broad SMARTS) is 4. The van der Waals surface area contributed by atoms with Crippen LogP contribution < -0.4 is 0 Å². The normalized spacial score (nSPS) is 18.6. The number of aliphatic hydroxyl groups is 1. The van der Waals surface area contributed by atoms with E-state index in [-0.39, 0.29) is 101 Å². The molecule has 0 saturated carbocycles. The number of benzene rings is 8. The summed E-state index contributed by atoms with van der Waals surface area (Å²) in [6.45, 7) is 25.0. The van der Waals surface area contributed by atoms with Crippen LogP contribution in [0.15, 0.2) is 195 Å². The fourth-order valence-electron chi connectivity index (χ4n) is 19.4. The Balaban J connectivity index is 0.000000160. The Morgan fingerprint density at radius 1 is 0.350 bits per heavy atom. The second-order valence-corrected chi connectivity index (χ2v) is 39.2. The number of alkyl halides is 4. The molecule has 4 unspecified atom stereocenters. The molecule has 0 spiro atoms. The predicted octanol–water partition coefficient (Wildman–Crippen LogP) is 22.6. The van der Waals surface area contributed by atoms with Gasteiger partial charge in [0.15, 0.2) is 0 Å². The maximum absolute atomic E-state index is 15.5. The maximum atomic E-state index is 15.5. The molecule has 4 aliphatic rings. The van der Waals surface area contributed by atoms with Gasteiger partial charge in [-0.05, 0) is 284 Å². The number of aromatic amines is 1. The van der Waals surface area contributed by atoms with Gasteiger partial charge < -0.3 is 25.5 Å². The SMILES string of the molecule is CC1Cc2cc(-c3cn[nH]c3)ccc2C(c2c(F)cc(/C=C/C(=O)O)cc2F)N1CC(C)(C)F.CC1Cc2cc(-c3cnn(CCO)c3)ccc2C(c2c(F)cc(/C=C/C(=O)O)cc2F)N1CC(C)(C)F.CCn1cc(-c2ccc3c(c2)C[C@@H](C)N(CC(C)(C)F)[C@@H]3c2c(F)cc(/C=C/C(=O)O)cc2F)cn1.CCn1cc(-c2ccc3c(c2)C[C@H](C)N(CC(C)(C)F)[C@H]3c2c(F)cc(/C=C/C(=O)O)cc2F)cn1. The van der Waals surface area contributed by atoms with Gasteiger partial charge >= 0.3 is 23.9 Å². The number of aliphatic hydroxyl groups excluding tert-OH is 1. The smallest absolute Gasteiger partial charge is 0.328 e. The molecule has 8 aromatic carbocycles. The largest absolute Gasteiger partial charge is 0.478 e. The molecule has 754 valence electrons. The van der Waals surface area contributed by atoms with Crippen molar-refractivity contribution in [1.29, 1.82) is 0 Å². The Labute approximate surface area is 821 Å². The first-order chi connectivity index (χ1) is 67.4. The fourth-order valence-corrected chi connectivity index (χ4v) is 19.4. The molecule has 0 saturated heterocycles. The molecular formula is C110H116F12N12O9. The van der Waals surface area contributed by atoms with E-state index in [1.54, 1.807) is 45.5 Å². The lowest BCUT2D eigenvalue weighted by molar-refractivity contribution is -0.132. The molecule has 6 N–H and O–H groups in total. The van der Waals surface area contributed by atoms with Crippen LogP contribution in [-0.2, 0) is 64.5 Å². The van der Waals surface area contributed by atoms with Crippen molar-refractivity contribution >= 4 is 48.2 Å². The molecule has 0 amide bonds. The topological polar surface area (TPSA) is 265 Å². The Bertz CT molecular complexity index is 6490. The molecule has 0 bridgehead atoms. The summed E-state index contributed by atoms with van der Waals surface area (Å²) in [6.07, 6.45) is 24.6. The van der Waals surface area contributed by atoms with Crippen LogP contribution in [0.25, 0.3) is 68.8 Å². The van der Waals surface area contributed by atoms with Crippen molar-refractivity contribution in [3.8, 4) is 44.5 Å². The number of H-pyrrole nitrogens is 1. The minimum atomic E-state index is -1.61. The van der Waals surface area contributed by atoms with E-state index >= 15 is 35.1 Å². The lowest BCUT2D eigenvalue weighted by Crippen LogP contribution is -2.48. The molecule has 12 aromatic rings. The fraction of sp³-hybridized carbons (Fsp3) is 0.345. The first-order valence-electron chi connectivity index (χ1n) is 47.0. The Morgan fingerprint density at radius 2 is 0.580 bits per heavy atom. The van der Waals surface area contributed by atoms with Crippen LogP contribution in [0.3, 0.4) is 0 Å². The Hall–Kier alpha value is -13.6. The highest BCUT2D eigenvalue weighted by atomic mass is 19.2. The van der Waals surface area contributed by atoms with E-state index in [1.807, 2.05) is 152 Å². The highest BCUT2D eigenvalue weighted by molar-refractivity contribution is 5.87. The summed E-state index contributed by atoms with van der Waals surface area (Å²) in [5.74, 6) is -11.4. The third-order valence-corrected chi connectivity index (χ3v) is 25.5. The van der Waals surface area contributed by atoms with Gasteiger partial charge in [0.05, 0.1) is 62.1 Å². The minimum Gasteiger partial charge on any atom is -0.478 e. The van der Waals surface area contributed by atoms with Gasteiger partial charge in [-0.3, -0.25) is 38.7 Å². The quantitative estimate of drug-likeness (QED) is 0.0197. The van der Waals surface area contributed by atoms with Crippen LogP contribution >= 0.6 is 0 Å². The van der Waals surface area contributed by atoms with E-state index in [4.69, 9.17) is 25.5 Å². The van der Waals surface area contributed by atoms with Gasteiger partial charge in [-0.15, -0.1) is 0 Å². The molecule has 8 atom stereocenters. The van der Waals surface area contributed by atoms with Crippen LogP contribution in [0, 0.1) is 46.5 Å². The third-order valence-electron chi connectivity index (χ3n) is 25.5. The van der Waals surface area contributed by atoms with Crippen LogP contribution in [0.4, 0.5) is 52.7 Å². The van der Waals surface area contributed by atoms with E-state index < -0.39 is 117 Å². The van der Waals surface area contributed by atoms with E-state index in [0.29, 0.717) is 43.4 Å². The van der Waals surface area contributed by atoms with Gasteiger partial charge in [0, 0.05) is 157 Å². The van der Waals surface area contributed by atoms with Crippen molar-refractivity contribution < 1.29 is 97.4 Å². The van der Waals surface area contributed by atoms with E-state index in [9.17, 15) is 36.7 Å². The van der Waals surface area contributed by atoms with Crippen LogP contribution in [0.1, 0.15) is 210 Å². The highest BCUT2D eigenvalue weighted by Gasteiger charge is 2.45. The highest BCUT2D eigenvalue weighted by Crippen LogP contribution is 2.49. The van der Waals surface area contributed by atoms with E-state index in [0.717, 1.165) is 188 Å². The van der Waals surface area contributed by atoms with Crippen molar-refractivity contribution in [2.24, 2.45) is 0 Å². The zero-order valence-electron chi connectivity index (χ0n) is 81.7. The summed E-state index contributed by atoms with van der Waals surface area (Å²) in [7, 11) is 0. The van der Waals surface area contributed by atoms with Crippen molar-refractivity contribution in [2.75, 3.05) is 32.8 Å². The number of hydrogen-bond acceptors (Lipinski definition) is 13. The van der Waals surface area contributed by atoms with Gasteiger partial charge in [0.25, 0.3) is 0 Å². The Kier molecular flexibility index (Phi) is 33.2. The minimum absolute atomic E-state index is 0.0111. The summed E-state index contributed by atoms with van der Waals surface area (Å²) in [6, 6.07) is 27.6. The lowest BCUT2D eigenvalue weighted by Gasteiger charge is -2.44. The van der Waals surface area contributed by atoms with Gasteiger partial charge in [0.2, 0.25) is 0 Å². The van der Waals surface area contributed by atoms with Crippen molar-refractivity contribution in [3.63, 3.8) is 0 Å². The monoisotopic (exact) mass is 1980 g/mol. The van der Waals surface area contributed by atoms with Crippen LogP contribution in [-0.4, -0.2) is 188 Å². The summed E-state index contributed by atoms with van der Waals surface area (Å²) >= 11 is 0. The van der Waals surface area contributed by atoms with Crippen molar-refractivity contribution in [1.82, 2.24) is 59.1 Å². The number of nitrogens with zero attached hydrogens (tertiary/aromatic N) is 11. The summed E-state index contributed by atoms with van der Waals surface area (Å²) in [4.78, 5) is 50.5. The van der Waals surface area contributed by atoms with Crippen LogP contribution in [0.5, 0.6) is 0 Å². The zero-order chi connectivity index (χ0) is 104. The molecular weight excluding hydrogens is 1860 g/mol. The second-order valence-electron chi connectivity index (χ2n) is 39.2. The second kappa shape index (κ2) is 44.5. The molecule has 4 aliphatic heterocycles. The number of aromatic nitrogens is 8. The molecule has 0 radical (unpaired) electrons. The number of aliphatic carboxylic acids is 4. The van der Waals surface area contributed by atoms with Gasteiger partial charge in [0.1, 0.15) is 69.2 Å². The number of carbonyl (C=O) groups is 4. The molecule has 21 nitrogen and oxygen atoms in total. The molecule has 8 heterocycles. The van der Waals surface area contributed by atoms with Gasteiger partial charge in [-0.25, -0.2) is 71.9 Å². The first-order valence-corrected chi connectivity index (χ1v) is 47.0. The number of hydrogen-bond donors (Lipinski definition) is 6. The Morgan fingerprint density at radius 3 is 0.783 bits per heavy atom. The van der Waals surface area contributed by atoms with Crippen molar-refractivity contribution in [2.45, 2.75) is 213 Å². The number of halogens is 12. The zero-order valence-corrected chi connectivity index (χ0v) is 81.7. The summed E-state index contributed by atoms with van der Waals surface area (Å²) in [5.41, 5.74) is 7.15. The third kappa shape index (κ3) is 26.3. The van der Waals surface area contributed by atoms with Crippen molar-refractivity contribution in [3.05, 3.63) is 331 Å². The van der Waals surface area contributed by atoms with Gasteiger partial charge in [-0.2, -0.15) is 20.4 Å². The number of aryl methyl sites for hydroxylation is 2. The number of carboxylic acids is 4. The summed E-state index contributed by atoms with van der Waals surface area (Å²) in [5, 5.41) is 64.2. The molecule has 0 fully saturated rings. The molecule has 33 heteroatoms. The first kappa shape index (κ1) is 107.